The Bertz CT molecular complexity index is 260. The molecule has 0 aliphatic heterocycles. The molecule has 108 valence electrons. The fourth-order valence-corrected chi connectivity index (χ4v) is 1.53. The average molecular weight is 367 g/mol. The lowest BCUT2D eigenvalue weighted by molar-refractivity contribution is 0.333. The van der Waals surface area contributed by atoms with Crippen LogP contribution in [0.4, 0.5) is 0 Å². The largest absolute Gasteiger partial charge is 0.370 e. The molecule has 0 aromatic rings. The number of halogens is 1. The van der Waals surface area contributed by atoms with Crippen LogP contribution in [-0.2, 0) is 0 Å². The number of guanidine groups is 1. The molecular formula is C14H30IN3. The van der Waals surface area contributed by atoms with Crippen LogP contribution in [0.3, 0.4) is 0 Å². The van der Waals surface area contributed by atoms with Crippen molar-refractivity contribution >= 4 is 29.9 Å². The predicted octanol–water partition coefficient (Wildman–Crippen LogP) is 3.69. The molecule has 0 radical (unpaired) electrons. The maximum atomic E-state index is 5.78. The third-order valence-corrected chi connectivity index (χ3v) is 2.71. The van der Waals surface area contributed by atoms with Crippen molar-refractivity contribution in [3.05, 3.63) is 12.2 Å². The lowest BCUT2D eigenvalue weighted by Crippen LogP contribution is -2.34. The first-order chi connectivity index (χ1) is 7.87. The first kappa shape index (κ1) is 20.1. The molecule has 0 rings (SSSR count). The van der Waals surface area contributed by atoms with Crippen molar-refractivity contribution in [2.45, 2.75) is 53.4 Å². The molecule has 0 aromatic heterocycles. The van der Waals surface area contributed by atoms with Crippen molar-refractivity contribution in [2.24, 2.45) is 16.1 Å². The van der Waals surface area contributed by atoms with Gasteiger partial charge in [0, 0.05) is 13.1 Å². The Kier molecular flexibility index (Phi) is 11.9. The van der Waals surface area contributed by atoms with E-state index in [2.05, 4.69) is 37.7 Å². The van der Waals surface area contributed by atoms with Gasteiger partial charge in [0.1, 0.15) is 0 Å². The van der Waals surface area contributed by atoms with Crippen LogP contribution in [0.25, 0.3) is 0 Å². The van der Waals surface area contributed by atoms with Crippen molar-refractivity contribution in [1.29, 1.82) is 0 Å². The average Bonchev–Trinajstić information content (AvgIpc) is 2.24. The molecule has 0 saturated heterocycles. The molecule has 18 heavy (non-hydrogen) atoms. The molecule has 0 spiro atoms. The number of hydrogen-bond acceptors (Lipinski definition) is 1. The van der Waals surface area contributed by atoms with Crippen LogP contribution in [0, 0.1) is 5.41 Å². The highest BCUT2D eigenvalue weighted by Crippen LogP contribution is 2.23. The molecule has 0 atom stereocenters. The maximum absolute atomic E-state index is 5.78. The van der Waals surface area contributed by atoms with Crippen LogP contribution in [0.15, 0.2) is 17.1 Å². The monoisotopic (exact) mass is 367 g/mol. The van der Waals surface area contributed by atoms with E-state index in [0.717, 1.165) is 12.1 Å². The minimum Gasteiger partial charge on any atom is -0.370 e. The van der Waals surface area contributed by atoms with Crippen LogP contribution < -0.4 is 11.1 Å². The van der Waals surface area contributed by atoms with E-state index in [1.165, 1.54) is 25.7 Å². The molecule has 0 fully saturated rings. The van der Waals surface area contributed by atoms with Gasteiger partial charge in [0.2, 0.25) is 0 Å². The molecule has 0 heterocycles. The summed E-state index contributed by atoms with van der Waals surface area (Å²) in [5.74, 6) is 0.525. The van der Waals surface area contributed by atoms with Crippen LogP contribution in [-0.4, -0.2) is 19.0 Å². The van der Waals surface area contributed by atoms with Crippen LogP contribution >= 0.6 is 24.0 Å². The Balaban J connectivity index is 0. The Morgan fingerprint density at radius 2 is 1.94 bits per heavy atom. The van der Waals surface area contributed by atoms with Gasteiger partial charge in [-0.1, -0.05) is 52.2 Å². The maximum Gasteiger partial charge on any atom is 0.188 e. The van der Waals surface area contributed by atoms with Gasteiger partial charge in [-0.3, -0.25) is 4.99 Å². The quantitative estimate of drug-likeness (QED) is 0.226. The summed E-state index contributed by atoms with van der Waals surface area (Å²) in [5.41, 5.74) is 7.08. The fourth-order valence-electron chi connectivity index (χ4n) is 1.53. The van der Waals surface area contributed by atoms with E-state index in [1.54, 1.807) is 0 Å². The lowest BCUT2D eigenvalue weighted by Gasteiger charge is -2.22. The van der Waals surface area contributed by atoms with E-state index in [4.69, 9.17) is 5.73 Å². The van der Waals surface area contributed by atoms with E-state index in [0.29, 0.717) is 12.5 Å². The second kappa shape index (κ2) is 10.6. The number of aliphatic imine (C=N–C) groups is 1. The molecule has 3 N–H and O–H groups in total. The Morgan fingerprint density at radius 3 is 2.44 bits per heavy atom. The van der Waals surface area contributed by atoms with Gasteiger partial charge < -0.3 is 11.1 Å². The summed E-state index contributed by atoms with van der Waals surface area (Å²) in [6.45, 7) is 14.0. The Morgan fingerprint density at radius 1 is 1.33 bits per heavy atom. The number of unbranched alkanes of at least 4 members (excludes halogenated alkanes) is 2. The first-order valence-corrected chi connectivity index (χ1v) is 6.55. The molecule has 0 aliphatic carbocycles. The summed E-state index contributed by atoms with van der Waals surface area (Å²) in [6, 6.07) is 0. The third-order valence-electron chi connectivity index (χ3n) is 2.71. The van der Waals surface area contributed by atoms with E-state index in [1.807, 2.05) is 6.92 Å². The summed E-state index contributed by atoms with van der Waals surface area (Å²) in [6.07, 6.45) is 5.05. The highest BCUT2D eigenvalue weighted by Gasteiger charge is 2.16. The molecule has 4 heteroatoms. The van der Waals surface area contributed by atoms with Gasteiger partial charge in [-0.15, -0.1) is 24.0 Å². The smallest absolute Gasteiger partial charge is 0.188 e. The third kappa shape index (κ3) is 12.2. The van der Waals surface area contributed by atoms with Gasteiger partial charge in [-0.25, -0.2) is 0 Å². The molecule has 0 amide bonds. The zero-order chi connectivity index (χ0) is 13.3. The summed E-state index contributed by atoms with van der Waals surface area (Å²) >= 11 is 0. The Hall–Kier alpha value is -0.260. The van der Waals surface area contributed by atoms with Gasteiger partial charge in [-0.05, 0) is 18.8 Å². The van der Waals surface area contributed by atoms with Crippen molar-refractivity contribution < 1.29 is 0 Å². The second-order valence-corrected chi connectivity index (χ2v) is 5.63. The van der Waals surface area contributed by atoms with Gasteiger partial charge in [0.25, 0.3) is 0 Å². The van der Waals surface area contributed by atoms with Crippen molar-refractivity contribution in [1.82, 2.24) is 5.32 Å². The molecular weight excluding hydrogens is 337 g/mol. The highest BCUT2D eigenvalue weighted by molar-refractivity contribution is 14.0. The predicted molar refractivity (Wildman–Crippen MR) is 92.6 cm³/mol. The second-order valence-electron chi connectivity index (χ2n) is 5.63. The van der Waals surface area contributed by atoms with Crippen LogP contribution in [0.2, 0.25) is 0 Å². The number of nitrogens with two attached hydrogens (primary N) is 1. The molecule has 0 aliphatic rings. The molecule has 3 nitrogen and oxygen atoms in total. The highest BCUT2D eigenvalue weighted by atomic mass is 127. The van der Waals surface area contributed by atoms with Gasteiger partial charge in [0.05, 0.1) is 0 Å². The van der Waals surface area contributed by atoms with E-state index < -0.39 is 0 Å². The summed E-state index contributed by atoms with van der Waals surface area (Å²) in [4.78, 5) is 4.39. The minimum absolute atomic E-state index is 0. The normalized spacial score (nSPS) is 11.9. The van der Waals surface area contributed by atoms with Crippen LogP contribution in [0.5, 0.6) is 0 Å². The van der Waals surface area contributed by atoms with E-state index >= 15 is 0 Å². The topological polar surface area (TPSA) is 50.4 Å². The zero-order valence-corrected chi connectivity index (χ0v) is 14.7. The van der Waals surface area contributed by atoms with Crippen LogP contribution in [0.1, 0.15) is 53.4 Å². The van der Waals surface area contributed by atoms with Gasteiger partial charge in [-0.2, -0.15) is 0 Å². The SMILES string of the molecule is C=C(C)CNC(N)=NCC(C)(C)CCCCC.I. The first-order valence-electron chi connectivity index (χ1n) is 6.55. The van der Waals surface area contributed by atoms with E-state index in [-0.39, 0.29) is 29.4 Å². The van der Waals surface area contributed by atoms with Crippen molar-refractivity contribution in [3.63, 3.8) is 0 Å². The van der Waals surface area contributed by atoms with Gasteiger partial charge >= 0.3 is 0 Å². The summed E-state index contributed by atoms with van der Waals surface area (Å²) in [7, 11) is 0. The molecule has 0 bridgehead atoms. The number of hydrogen-bond donors (Lipinski definition) is 2. The lowest BCUT2D eigenvalue weighted by atomic mass is 9.87. The number of rotatable bonds is 8. The number of nitrogens with one attached hydrogen (secondary N) is 1. The molecule has 0 saturated carbocycles. The minimum atomic E-state index is 0. The Labute approximate surface area is 130 Å². The molecule has 0 aromatic carbocycles. The molecule has 0 unspecified atom stereocenters. The van der Waals surface area contributed by atoms with E-state index in [9.17, 15) is 0 Å². The number of nitrogens with zero attached hydrogens (tertiary/aromatic N) is 1. The zero-order valence-electron chi connectivity index (χ0n) is 12.4. The fraction of sp³-hybridized carbons (Fsp3) is 0.786. The van der Waals surface area contributed by atoms with Crippen molar-refractivity contribution in [3.8, 4) is 0 Å². The standard InChI is InChI=1S/C14H29N3.HI/c1-6-7-8-9-14(4,5)11-17-13(15)16-10-12(2)3;/h2,6-11H2,1,3-5H3,(H3,15,16,17);1H. The van der Waals surface area contributed by atoms with Gasteiger partial charge in [0.15, 0.2) is 5.96 Å². The summed E-state index contributed by atoms with van der Waals surface area (Å²) < 4.78 is 0. The summed E-state index contributed by atoms with van der Waals surface area (Å²) in [5, 5.41) is 3.05. The van der Waals surface area contributed by atoms with Crippen molar-refractivity contribution in [2.75, 3.05) is 13.1 Å².